The van der Waals surface area contributed by atoms with Gasteiger partial charge in [-0.15, -0.1) is 0 Å². The Morgan fingerprint density at radius 1 is 1.42 bits per heavy atom. The van der Waals surface area contributed by atoms with Crippen LogP contribution in [0.3, 0.4) is 0 Å². The first-order valence-corrected chi connectivity index (χ1v) is 7.32. The van der Waals surface area contributed by atoms with Crippen molar-refractivity contribution in [2.24, 2.45) is 11.8 Å². The summed E-state index contributed by atoms with van der Waals surface area (Å²) >= 11 is 0. The second-order valence-corrected chi connectivity index (χ2v) is 5.82. The van der Waals surface area contributed by atoms with E-state index in [1.54, 1.807) is 6.07 Å². The van der Waals surface area contributed by atoms with Crippen LogP contribution in [-0.4, -0.2) is 20.1 Å². The minimum Gasteiger partial charge on any atom is -0.372 e. The van der Waals surface area contributed by atoms with Crippen molar-refractivity contribution in [3.63, 3.8) is 0 Å². The van der Waals surface area contributed by atoms with Gasteiger partial charge in [-0.1, -0.05) is 19.9 Å². The molecule has 0 radical (unpaired) electrons. The lowest BCUT2D eigenvalue weighted by molar-refractivity contribution is 0.609. The fourth-order valence-electron chi connectivity index (χ4n) is 2.48. The smallest absolute Gasteiger partial charge is 0.146 e. The maximum Gasteiger partial charge on any atom is 0.146 e. The molecule has 1 aromatic carbocycles. The fraction of sp³-hybridized carbons (Fsp3) is 0.625. The van der Waals surface area contributed by atoms with Gasteiger partial charge >= 0.3 is 0 Å². The van der Waals surface area contributed by atoms with E-state index in [0.29, 0.717) is 0 Å². The Labute approximate surface area is 116 Å². The van der Waals surface area contributed by atoms with E-state index in [4.69, 9.17) is 0 Å². The summed E-state index contributed by atoms with van der Waals surface area (Å²) < 4.78 is 14.1. The van der Waals surface area contributed by atoms with Gasteiger partial charge in [0.05, 0.1) is 5.69 Å². The lowest BCUT2D eigenvalue weighted by Gasteiger charge is -2.20. The van der Waals surface area contributed by atoms with Gasteiger partial charge < -0.3 is 10.2 Å². The topological polar surface area (TPSA) is 15.3 Å². The molecule has 19 heavy (non-hydrogen) atoms. The number of hydrogen-bond donors (Lipinski definition) is 1. The predicted molar refractivity (Wildman–Crippen MR) is 78.9 cm³/mol. The molecule has 0 amide bonds. The van der Waals surface area contributed by atoms with Gasteiger partial charge in [0.1, 0.15) is 5.82 Å². The number of benzene rings is 1. The van der Waals surface area contributed by atoms with E-state index in [9.17, 15) is 4.39 Å². The standard InChI is InChI=1S/C16H25FN2/c1-4-7-18-10-13-5-6-16(15(17)9-13)19(3)11-14-8-12(14)2/h5-6,9,12,14,18H,4,7-8,10-11H2,1-3H3. The van der Waals surface area contributed by atoms with Crippen molar-refractivity contribution in [1.82, 2.24) is 5.32 Å². The number of nitrogens with zero attached hydrogens (tertiary/aromatic N) is 1. The summed E-state index contributed by atoms with van der Waals surface area (Å²) in [6.45, 7) is 7.07. The molecule has 1 aromatic rings. The molecule has 1 saturated carbocycles. The molecular weight excluding hydrogens is 239 g/mol. The van der Waals surface area contributed by atoms with E-state index in [0.717, 1.165) is 49.1 Å². The molecule has 0 aliphatic heterocycles. The Kier molecular flexibility index (Phi) is 4.81. The average molecular weight is 264 g/mol. The number of anilines is 1. The molecule has 0 aromatic heterocycles. The molecule has 1 N–H and O–H groups in total. The first-order chi connectivity index (χ1) is 9.11. The minimum atomic E-state index is -0.105. The van der Waals surface area contributed by atoms with Gasteiger partial charge in [0.25, 0.3) is 0 Å². The van der Waals surface area contributed by atoms with Crippen molar-refractivity contribution in [2.45, 2.75) is 33.2 Å². The molecular formula is C16H25FN2. The minimum absolute atomic E-state index is 0.105. The molecule has 0 saturated heterocycles. The van der Waals surface area contributed by atoms with Crippen LogP contribution < -0.4 is 10.2 Å². The van der Waals surface area contributed by atoms with Crippen LogP contribution in [0.4, 0.5) is 10.1 Å². The second-order valence-electron chi connectivity index (χ2n) is 5.82. The highest BCUT2D eigenvalue weighted by Crippen LogP contribution is 2.38. The summed E-state index contributed by atoms with van der Waals surface area (Å²) in [6, 6.07) is 5.59. The third kappa shape index (κ3) is 3.93. The Bertz CT molecular complexity index is 419. The van der Waals surface area contributed by atoms with Crippen LogP contribution in [0, 0.1) is 17.7 Å². The van der Waals surface area contributed by atoms with Crippen LogP contribution in [0.1, 0.15) is 32.3 Å². The van der Waals surface area contributed by atoms with Crippen molar-refractivity contribution in [3.8, 4) is 0 Å². The molecule has 1 aliphatic carbocycles. The summed E-state index contributed by atoms with van der Waals surface area (Å²) in [5.74, 6) is 1.45. The molecule has 1 fully saturated rings. The van der Waals surface area contributed by atoms with Crippen molar-refractivity contribution in [2.75, 3.05) is 25.0 Å². The van der Waals surface area contributed by atoms with E-state index in [1.165, 1.54) is 6.42 Å². The SMILES string of the molecule is CCCNCc1ccc(N(C)CC2CC2C)c(F)c1. The van der Waals surface area contributed by atoms with E-state index < -0.39 is 0 Å². The number of hydrogen-bond acceptors (Lipinski definition) is 2. The monoisotopic (exact) mass is 264 g/mol. The molecule has 2 rings (SSSR count). The Morgan fingerprint density at radius 3 is 2.74 bits per heavy atom. The molecule has 2 atom stereocenters. The molecule has 106 valence electrons. The number of nitrogens with one attached hydrogen (secondary N) is 1. The van der Waals surface area contributed by atoms with Crippen LogP contribution in [0.15, 0.2) is 18.2 Å². The number of rotatable bonds is 7. The predicted octanol–water partition coefficient (Wildman–Crippen LogP) is 3.42. The van der Waals surface area contributed by atoms with Gasteiger partial charge in [0, 0.05) is 20.1 Å². The van der Waals surface area contributed by atoms with Gasteiger partial charge in [0.15, 0.2) is 0 Å². The van der Waals surface area contributed by atoms with Crippen LogP contribution in [-0.2, 0) is 6.54 Å². The van der Waals surface area contributed by atoms with Crippen LogP contribution in [0.25, 0.3) is 0 Å². The van der Waals surface area contributed by atoms with Crippen molar-refractivity contribution < 1.29 is 4.39 Å². The second kappa shape index (κ2) is 6.38. The zero-order valence-electron chi connectivity index (χ0n) is 12.2. The maximum absolute atomic E-state index is 14.1. The zero-order chi connectivity index (χ0) is 13.8. The van der Waals surface area contributed by atoms with Crippen LogP contribution >= 0.6 is 0 Å². The van der Waals surface area contributed by atoms with Gasteiger partial charge in [-0.2, -0.15) is 0 Å². The maximum atomic E-state index is 14.1. The van der Waals surface area contributed by atoms with E-state index in [2.05, 4.69) is 19.2 Å². The summed E-state index contributed by atoms with van der Waals surface area (Å²) in [5, 5.41) is 3.30. The number of halogens is 1. The molecule has 0 spiro atoms. The molecule has 3 heteroatoms. The van der Waals surface area contributed by atoms with Gasteiger partial charge in [-0.05, 0) is 48.9 Å². The third-order valence-electron chi connectivity index (χ3n) is 3.96. The van der Waals surface area contributed by atoms with Crippen LogP contribution in [0.2, 0.25) is 0 Å². The Hall–Kier alpha value is -1.09. The van der Waals surface area contributed by atoms with Gasteiger partial charge in [-0.25, -0.2) is 4.39 Å². The lowest BCUT2D eigenvalue weighted by Crippen LogP contribution is -2.22. The fourth-order valence-corrected chi connectivity index (χ4v) is 2.48. The molecule has 0 heterocycles. The highest BCUT2D eigenvalue weighted by atomic mass is 19.1. The normalized spacial score (nSPS) is 21.5. The molecule has 0 bridgehead atoms. The summed E-state index contributed by atoms with van der Waals surface area (Å²) in [5.41, 5.74) is 1.74. The average Bonchev–Trinajstić information content (AvgIpc) is 3.05. The summed E-state index contributed by atoms with van der Waals surface area (Å²) in [6.07, 6.45) is 2.38. The first kappa shape index (κ1) is 14.3. The largest absolute Gasteiger partial charge is 0.372 e. The lowest BCUT2D eigenvalue weighted by atomic mass is 10.1. The molecule has 2 nitrogen and oxygen atoms in total. The first-order valence-electron chi connectivity index (χ1n) is 7.32. The van der Waals surface area contributed by atoms with E-state index >= 15 is 0 Å². The third-order valence-corrected chi connectivity index (χ3v) is 3.96. The van der Waals surface area contributed by atoms with Gasteiger partial charge in [0.2, 0.25) is 0 Å². The van der Waals surface area contributed by atoms with Crippen LogP contribution in [0.5, 0.6) is 0 Å². The Balaban J connectivity index is 1.93. The zero-order valence-corrected chi connectivity index (χ0v) is 12.2. The van der Waals surface area contributed by atoms with Gasteiger partial charge in [-0.3, -0.25) is 0 Å². The Morgan fingerprint density at radius 2 is 2.16 bits per heavy atom. The summed E-state index contributed by atoms with van der Waals surface area (Å²) in [7, 11) is 1.98. The summed E-state index contributed by atoms with van der Waals surface area (Å²) in [4.78, 5) is 2.05. The quantitative estimate of drug-likeness (QED) is 0.759. The molecule has 2 unspecified atom stereocenters. The van der Waals surface area contributed by atoms with E-state index in [1.807, 2.05) is 24.1 Å². The molecule has 1 aliphatic rings. The highest BCUT2D eigenvalue weighted by molar-refractivity contribution is 5.48. The highest BCUT2D eigenvalue weighted by Gasteiger charge is 2.33. The van der Waals surface area contributed by atoms with Crippen molar-refractivity contribution in [3.05, 3.63) is 29.6 Å². The van der Waals surface area contributed by atoms with Crippen molar-refractivity contribution >= 4 is 5.69 Å². The van der Waals surface area contributed by atoms with E-state index in [-0.39, 0.29) is 5.82 Å². The van der Waals surface area contributed by atoms with Crippen molar-refractivity contribution in [1.29, 1.82) is 0 Å².